The van der Waals surface area contributed by atoms with E-state index in [1.807, 2.05) is 13.0 Å². The van der Waals surface area contributed by atoms with E-state index in [2.05, 4.69) is 15.9 Å². The van der Waals surface area contributed by atoms with E-state index in [1.54, 1.807) is 19.2 Å². The Morgan fingerprint density at radius 2 is 2.06 bits per heavy atom. The Morgan fingerprint density at radius 3 is 2.59 bits per heavy atom. The monoisotopic (exact) mass is 299 g/mol. The SMILES string of the molecule is Cc1ccc(C(=O)N(C)CCC(=O)O)cc1Br. The van der Waals surface area contributed by atoms with Crippen molar-refractivity contribution in [2.45, 2.75) is 13.3 Å². The molecule has 0 spiro atoms. The number of carbonyl (C=O) groups excluding carboxylic acids is 1. The number of hydrogen-bond acceptors (Lipinski definition) is 2. The van der Waals surface area contributed by atoms with Crippen LogP contribution in [0.2, 0.25) is 0 Å². The maximum absolute atomic E-state index is 11.9. The number of carbonyl (C=O) groups is 2. The Labute approximate surface area is 108 Å². The number of aliphatic carboxylic acids is 1. The fraction of sp³-hybridized carbons (Fsp3) is 0.333. The van der Waals surface area contributed by atoms with Crippen molar-refractivity contribution in [1.29, 1.82) is 0 Å². The summed E-state index contributed by atoms with van der Waals surface area (Å²) in [5.41, 5.74) is 1.60. The molecule has 4 nitrogen and oxygen atoms in total. The highest BCUT2D eigenvalue weighted by atomic mass is 79.9. The summed E-state index contributed by atoms with van der Waals surface area (Å²) in [6.45, 7) is 2.14. The van der Waals surface area contributed by atoms with Gasteiger partial charge >= 0.3 is 5.97 Å². The van der Waals surface area contributed by atoms with Crippen LogP contribution in [0.4, 0.5) is 0 Å². The lowest BCUT2D eigenvalue weighted by atomic mass is 10.1. The first-order valence-electron chi connectivity index (χ1n) is 5.15. The second kappa shape index (κ2) is 5.82. The van der Waals surface area contributed by atoms with E-state index in [-0.39, 0.29) is 18.9 Å². The number of benzene rings is 1. The molecule has 0 saturated carbocycles. The molecule has 0 bridgehead atoms. The van der Waals surface area contributed by atoms with Gasteiger partial charge in [0.05, 0.1) is 6.42 Å². The molecule has 0 heterocycles. The average Bonchev–Trinajstić information content (AvgIpc) is 2.28. The van der Waals surface area contributed by atoms with E-state index in [0.29, 0.717) is 5.56 Å². The summed E-state index contributed by atoms with van der Waals surface area (Å²) in [5.74, 6) is -1.08. The summed E-state index contributed by atoms with van der Waals surface area (Å²) in [6, 6.07) is 5.33. The molecule has 0 aliphatic carbocycles. The van der Waals surface area contributed by atoms with Gasteiger partial charge in [0.1, 0.15) is 0 Å². The number of halogens is 1. The summed E-state index contributed by atoms with van der Waals surface area (Å²) in [5, 5.41) is 8.55. The third-order valence-corrected chi connectivity index (χ3v) is 3.28. The molecule has 5 heteroatoms. The largest absolute Gasteiger partial charge is 0.481 e. The highest BCUT2D eigenvalue weighted by Gasteiger charge is 2.13. The fourth-order valence-corrected chi connectivity index (χ4v) is 1.69. The van der Waals surface area contributed by atoms with Gasteiger partial charge in [-0.25, -0.2) is 0 Å². The summed E-state index contributed by atoms with van der Waals surface area (Å²) in [7, 11) is 1.60. The van der Waals surface area contributed by atoms with Crippen molar-refractivity contribution in [3.63, 3.8) is 0 Å². The smallest absolute Gasteiger partial charge is 0.305 e. The summed E-state index contributed by atoms with van der Waals surface area (Å²) < 4.78 is 0.870. The van der Waals surface area contributed by atoms with Gasteiger partial charge in [0.15, 0.2) is 0 Å². The second-order valence-corrected chi connectivity index (χ2v) is 4.69. The van der Waals surface area contributed by atoms with Crippen LogP contribution in [0.15, 0.2) is 22.7 Å². The summed E-state index contributed by atoms with van der Waals surface area (Å²) in [6.07, 6.45) is -0.0464. The standard InChI is InChI=1S/C12H14BrNO3/c1-8-3-4-9(7-10(8)13)12(17)14(2)6-5-11(15)16/h3-4,7H,5-6H2,1-2H3,(H,15,16). The molecule has 0 saturated heterocycles. The van der Waals surface area contributed by atoms with Gasteiger partial charge in [-0.05, 0) is 24.6 Å². The van der Waals surface area contributed by atoms with Gasteiger partial charge in [0, 0.05) is 23.6 Å². The van der Waals surface area contributed by atoms with Crippen LogP contribution in [0.5, 0.6) is 0 Å². The molecular weight excluding hydrogens is 286 g/mol. The van der Waals surface area contributed by atoms with Gasteiger partial charge in [0.25, 0.3) is 5.91 Å². The predicted octanol–water partition coefficient (Wildman–Crippen LogP) is 2.30. The van der Waals surface area contributed by atoms with Gasteiger partial charge < -0.3 is 10.0 Å². The fourth-order valence-electron chi connectivity index (χ4n) is 1.31. The number of nitrogens with zero attached hydrogens (tertiary/aromatic N) is 1. The van der Waals surface area contributed by atoms with Crippen molar-refractivity contribution < 1.29 is 14.7 Å². The highest BCUT2D eigenvalue weighted by molar-refractivity contribution is 9.10. The zero-order valence-corrected chi connectivity index (χ0v) is 11.3. The van der Waals surface area contributed by atoms with Crippen molar-refractivity contribution in [3.8, 4) is 0 Å². The molecule has 0 atom stereocenters. The van der Waals surface area contributed by atoms with Gasteiger partial charge in [-0.2, -0.15) is 0 Å². The zero-order valence-electron chi connectivity index (χ0n) is 9.74. The summed E-state index contributed by atoms with van der Waals surface area (Å²) in [4.78, 5) is 23.8. The number of rotatable bonds is 4. The number of carboxylic acid groups (broad SMARTS) is 1. The first-order valence-corrected chi connectivity index (χ1v) is 5.94. The lowest BCUT2D eigenvalue weighted by Gasteiger charge is -2.16. The van der Waals surface area contributed by atoms with E-state index >= 15 is 0 Å². The summed E-state index contributed by atoms with van der Waals surface area (Å²) >= 11 is 3.36. The van der Waals surface area contributed by atoms with Gasteiger partial charge in [0.2, 0.25) is 0 Å². The van der Waals surface area contributed by atoms with Gasteiger partial charge in [-0.15, -0.1) is 0 Å². The maximum atomic E-state index is 11.9. The quantitative estimate of drug-likeness (QED) is 0.928. The Morgan fingerprint density at radius 1 is 1.41 bits per heavy atom. The minimum Gasteiger partial charge on any atom is -0.481 e. The van der Waals surface area contributed by atoms with Gasteiger partial charge in [-0.3, -0.25) is 9.59 Å². The Kier molecular flexibility index (Phi) is 4.69. The highest BCUT2D eigenvalue weighted by Crippen LogP contribution is 2.18. The van der Waals surface area contributed by atoms with E-state index in [9.17, 15) is 9.59 Å². The third-order valence-electron chi connectivity index (χ3n) is 2.43. The van der Waals surface area contributed by atoms with Crippen molar-refractivity contribution in [3.05, 3.63) is 33.8 Å². The molecular formula is C12H14BrNO3. The molecule has 0 unspecified atom stereocenters. The third kappa shape index (κ3) is 3.85. The Balaban J connectivity index is 2.74. The number of carboxylic acids is 1. The minimum atomic E-state index is -0.908. The van der Waals surface area contributed by atoms with Gasteiger partial charge in [-0.1, -0.05) is 22.0 Å². The van der Waals surface area contributed by atoms with Crippen LogP contribution in [0.1, 0.15) is 22.3 Å². The molecule has 1 rings (SSSR count). The van der Waals surface area contributed by atoms with Crippen LogP contribution < -0.4 is 0 Å². The number of aryl methyl sites for hydroxylation is 1. The molecule has 92 valence electrons. The minimum absolute atomic E-state index is 0.0464. The van der Waals surface area contributed by atoms with Crippen LogP contribution in [0, 0.1) is 6.92 Å². The van der Waals surface area contributed by atoms with Crippen LogP contribution in [-0.4, -0.2) is 35.5 Å². The van der Waals surface area contributed by atoms with Crippen molar-refractivity contribution in [2.75, 3.05) is 13.6 Å². The lowest BCUT2D eigenvalue weighted by Crippen LogP contribution is -2.29. The molecule has 1 amide bonds. The normalized spacial score (nSPS) is 10.1. The molecule has 0 fully saturated rings. The van der Waals surface area contributed by atoms with E-state index < -0.39 is 5.97 Å². The number of amides is 1. The molecule has 0 aliphatic rings. The Bertz CT molecular complexity index is 445. The number of hydrogen-bond donors (Lipinski definition) is 1. The first kappa shape index (κ1) is 13.7. The maximum Gasteiger partial charge on any atom is 0.305 e. The first-order chi connectivity index (χ1) is 7.91. The van der Waals surface area contributed by atoms with Crippen LogP contribution in [0.3, 0.4) is 0 Å². The molecule has 0 aromatic heterocycles. The van der Waals surface area contributed by atoms with Crippen LogP contribution >= 0.6 is 15.9 Å². The van der Waals surface area contributed by atoms with Crippen molar-refractivity contribution in [1.82, 2.24) is 4.90 Å². The van der Waals surface area contributed by atoms with E-state index in [1.165, 1.54) is 4.90 Å². The lowest BCUT2D eigenvalue weighted by molar-refractivity contribution is -0.137. The average molecular weight is 300 g/mol. The molecule has 0 aliphatic heterocycles. The van der Waals surface area contributed by atoms with Crippen molar-refractivity contribution in [2.24, 2.45) is 0 Å². The second-order valence-electron chi connectivity index (χ2n) is 3.83. The molecule has 1 aromatic rings. The van der Waals surface area contributed by atoms with E-state index in [4.69, 9.17) is 5.11 Å². The Hall–Kier alpha value is -1.36. The van der Waals surface area contributed by atoms with Crippen LogP contribution in [0.25, 0.3) is 0 Å². The predicted molar refractivity (Wildman–Crippen MR) is 68.1 cm³/mol. The molecule has 1 N–H and O–H groups in total. The van der Waals surface area contributed by atoms with Crippen molar-refractivity contribution >= 4 is 27.8 Å². The van der Waals surface area contributed by atoms with Crippen LogP contribution in [-0.2, 0) is 4.79 Å². The van der Waals surface area contributed by atoms with E-state index in [0.717, 1.165) is 10.0 Å². The zero-order chi connectivity index (χ0) is 13.0. The topological polar surface area (TPSA) is 57.6 Å². The molecule has 0 radical (unpaired) electrons. The molecule has 17 heavy (non-hydrogen) atoms. The molecule has 1 aromatic carbocycles.